The summed E-state index contributed by atoms with van der Waals surface area (Å²) in [5, 5.41) is 4.04. The normalized spacial score (nSPS) is 18.6. The van der Waals surface area contributed by atoms with Gasteiger partial charge in [-0.15, -0.1) is 0 Å². The summed E-state index contributed by atoms with van der Waals surface area (Å²) in [5.74, 6) is 2.32. The van der Waals surface area contributed by atoms with E-state index in [1.54, 1.807) is 0 Å². The van der Waals surface area contributed by atoms with E-state index in [1.165, 1.54) is 5.52 Å². The highest BCUT2D eigenvalue weighted by Gasteiger charge is 2.32. The molecule has 7 nitrogen and oxygen atoms in total. The van der Waals surface area contributed by atoms with Crippen molar-refractivity contribution in [3.63, 3.8) is 0 Å². The Hall–Kier alpha value is -2.25. The maximum atomic E-state index is 5.56. The molecule has 0 bridgehead atoms. The molecule has 2 N–H and O–H groups in total. The van der Waals surface area contributed by atoms with E-state index in [-0.39, 0.29) is 12.6 Å². The molecule has 0 spiro atoms. The molecule has 2 aromatic heterocycles. The first-order valence-electron chi connectivity index (χ1n) is 8.90. The third-order valence-electron chi connectivity index (χ3n) is 4.83. The maximum absolute atomic E-state index is 5.56. The lowest BCUT2D eigenvalue weighted by Gasteiger charge is -2.24. The van der Waals surface area contributed by atoms with Gasteiger partial charge in [0.05, 0.1) is 30.2 Å². The molecule has 1 aliphatic rings. The summed E-state index contributed by atoms with van der Waals surface area (Å²) in [6.07, 6.45) is 2.24. The first-order valence-corrected chi connectivity index (χ1v) is 8.90. The lowest BCUT2D eigenvalue weighted by molar-refractivity contribution is 0.224. The van der Waals surface area contributed by atoms with Crippen molar-refractivity contribution in [2.75, 3.05) is 6.54 Å². The number of rotatable bonds is 5. The second-order valence-corrected chi connectivity index (χ2v) is 6.86. The molecule has 4 rings (SSSR count). The van der Waals surface area contributed by atoms with Gasteiger partial charge < -0.3 is 14.8 Å². The Morgan fingerprint density at radius 2 is 2.12 bits per heavy atom. The Kier molecular flexibility index (Phi) is 4.27. The van der Waals surface area contributed by atoms with Crippen molar-refractivity contribution in [3.8, 4) is 0 Å². The lowest BCUT2D eigenvalue weighted by atomic mass is 10.2. The maximum Gasteiger partial charge on any atom is 0.240 e. The van der Waals surface area contributed by atoms with Crippen LogP contribution in [0.5, 0.6) is 0 Å². The van der Waals surface area contributed by atoms with Crippen LogP contribution in [0.4, 0.5) is 0 Å². The van der Waals surface area contributed by atoms with Crippen molar-refractivity contribution in [2.45, 2.75) is 51.9 Å². The molecule has 132 valence electrons. The fourth-order valence-corrected chi connectivity index (χ4v) is 3.77. The van der Waals surface area contributed by atoms with E-state index in [2.05, 4.69) is 51.7 Å². The summed E-state index contributed by atoms with van der Waals surface area (Å²) >= 11 is 0. The summed E-state index contributed by atoms with van der Waals surface area (Å²) in [6, 6.07) is 8.99. The van der Waals surface area contributed by atoms with E-state index in [9.17, 15) is 0 Å². The molecule has 0 amide bonds. The van der Waals surface area contributed by atoms with Crippen LogP contribution in [-0.4, -0.2) is 31.1 Å². The van der Waals surface area contributed by atoms with Crippen LogP contribution in [0.1, 0.15) is 56.3 Å². The van der Waals surface area contributed by atoms with Gasteiger partial charge >= 0.3 is 0 Å². The number of likely N-dealkylation sites (tertiary alicyclic amines) is 1. The largest absolute Gasteiger partial charge is 0.338 e. The van der Waals surface area contributed by atoms with Crippen LogP contribution in [0.2, 0.25) is 0 Å². The molecule has 1 unspecified atom stereocenters. The highest BCUT2D eigenvalue weighted by Crippen LogP contribution is 2.35. The van der Waals surface area contributed by atoms with Gasteiger partial charge in [-0.25, -0.2) is 4.98 Å². The second-order valence-electron chi connectivity index (χ2n) is 6.86. The van der Waals surface area contributed by atoms with Gasteiger partial charge in [-0.05, 0) is 45.4 Å². The fourth-order valence-electron chi connectivity index (χ4n) is 3.77. The Bertz CT molecular complexity index is 867. The first-order chi connectivity index (χ1) is 12.2. The van der Waals surface area contributed by atoms with Gasteiger partial charge in [-0.2, -0.15) is 4.98 Å². The van der Waals surface area contributed by atoms with Gasteiger partial charge in [0.25, 0.3) is 0 Å². The summed E-state index contributed by atoms with van der Waals surface area (Å²) in [4.78, 5) is 11.7. The molecule has 1 atom stereocenters. The van der Waals surface area contributed by atoms with E-state index >= 15 is 0 Å². The monoisotopic (exact) mass is 340 g/mol. The number of nitrogens with two attached hydrogens (primary N) is 1. The molecule has 1 aromatic carbocycles. The molecule has 25 heavy (non-hydrogen) atoms. The standard InChI is InChI=1S/C18H24N6O/c1-12(2)24-14-7-4-3-6-13(14)20-18(24)15-8-5-9-23(15)11-16-21-17(10-19)25-22-16/h3-4,6-7,12,15H,5,8-11,19H2,1-2H3. The smallest absolute Gasteiger partial charge is 0.240 e. The van der Waals surface area contributed by atoms with Crippen molar-refractivity contribution in [1.29, 1.82) is 0 Å². The number of benzene rings is 1. The van der Waals surface area contributed by atoms with E-state index in [1.807, 2.05) is 6.07 Å². The van der Waals surface area contributed by atoms with Crippen LogP contribution in [0.15, 0.2) is 28.8 Å². The number of hydrogen-bond acceptors (Lipinski definition) is 6. The van der Waals surface area contributed by atoms with Gasteiger partial charge in [-0.3, -0.25) is 4.90 Å². The average molecular weight is 340 g/mol. The van der Waals surface area contributed by atoms with Crippen LogP contribution < -0.4 is 5.73 Å². The predicted octanol–water partition coefficient (Wildman–Crippen LogP) is 2.80. The van der Waals surface area contributed by atoms with Gasteiger partial charge in [0.2, 0.25) is 5.89 Å². The second kappa shape index (κ2) is 6.57. The minimum Gasteiger partial charge on any atom is -0.338 e. The number of fused-ring (bicyclic) bond motifs is 1. The molecular weight excluding hydrogens is 316 g/mol. The van der Waals surface area contributed by atoms with Gasteiger partial charge in [0.15, 0.2) is 5.82 Å². The predicted molar refractivity (Wildman–Crippen MR) is 94.7 cm³/mol. The molecule has 1 saturated heterocycles. The van der Waals surface area contributed by atoms with Crippen LogP contribution in [0.3, 0.4) is 0 Å². The van der Waals surface area contributed by atoms with Gasteiger partial charge in [0, 0.05) is 6.04 Å². The minimum absolute atomic E-state index is 0.273. The molecule has 1 fully saturated rings. The Morgan fingerprint density at radius 1 is 1.28 bits per heavy atom. The molecule has 3 heterocycles. The van der Waals surface area contributed by atoms with E-state index in [0.717, 1.165) is 30.7 Å². The van der Waals surface area contributed by atoms with Gasteiger partial charge in [0.1, 0.15) is 5.82 Å². The number of nitrogens with zero attached hydrogens (tertiary/aromatic N) is 5. The molecule has 0 saturated carbocycles. The van der Waals surface area contributed by atoms with Crippen LogP contribution >= 0.6 is 0 Å². The van der Waals surface area contributed by atoms with Gasteiger partial charge in [-0.1, -0.05) is 17.3 Å². The Morgan fingerprint density at radius 3 is 2.88 bits per heavy atom. The highest BCUT2D eigenvalue weighted by molar-refractivity contribution is 5.76. The summed E-state index contributed by atoms with van der Waals surface area (Å²) in [6.45, 7) is 6.38. The molecule has 7 heteroatoms. The van der Waals surface area contributed by atoms with Crippen molar-refractivity contribution in [2.24, 2.45) is 5.73 Å². The highest BCUT2D eigenvalue weighted by atomic mass is 16.5. The molecule has 1 aliphatic heterocycles. The zero-order valence-electron chi connectivity index (χ0n) is 14.7. The lowest BCUT2D eigenvalue weighted by Crippen LogP contribution is -2.26. The van der Waals surface area contributed by atoms with Crippen molar-refractivity contribution in [1.82, 2.24) is 24.6 Å². The minimum atomic E-state index is 0.273. The third-order valence-corrected chi connectivity index (χ3v) is 4.83. The van der Waals surface area contributed by atoms with E-state index in [0.29, 0.717) is 24.3 Å². The van der Waals surface area contributed by atoms with E-state index in [4.69, 9.17) is 15.2 Å². The van der Waals surface area contributed by atoms with Crippen molar-refractivity contribution >= 4 is 11.0 Å². The zero-order valence-corrected chi connectivity index (χ0v) is 14.7. The first kappa shape index (κ1) is 16.2. The zero-order chi connectivity index (χ0) is 17.4. The quantitative estimate of drug-likeness (QED) is 0.768. The van der Waals surface area contributed by atoms with Crippen LogP contribution in [-0.2, 0) is 13.1 Å². The number of aromatic nitrogens is 4. The van der Waals surface area contributed by atoms with Crippen LogP contribution in [0.25, 0.3) is 11.0 Å². The topological polar surface area (TPSA) is 86.0 Å². The fraction of sp³-hybridized carbons (Fsp3) is 0.500. The average Bonchev–Trinajstić information content (AvgIpc) is 3.32. The van der Waals surface area contributed by atoms with Crippen LogP contribution in [0, 0.1) is 0 Å². The molecule has 0 radical (unpaired) electrons. The third kappa shape index (κ3) is 2.94. The molecular formula is C18H24N6O. The van der Waals surface area contributed by atoms with Crippen molar-refractivity contribution < 1.29 is 4.52 Å². The number of imidazole rings is 1. The molecule has 0 aliphatic carbocycles. The SMILES string of the molecule is CC(C)n1c(C2CCCN2Cc2noc(CN)n2)nc2ccccc21. The summed E-state index contributed by atoms with van der Waals surface area (Å²) in [7, 11) is 0. The summed E-state index contributed by atoms with van der Waals surface area (Å²) < 4.78 is 7.50. The summed E-state index contributed by atoms with van der Waals surface area (Å²) in [5.41, 5.74) is 7.82. The van der Waals surface area contributed by atoms with E-state index < -0.39 is 0 Å². The Balaban J connectivity index is 1.68. The van der Waals surface area contributed by atoms with Crippen molar-refractivity contribution in [3.05, 3.63) is 41.8 Å². The molecule has 3 aromatic rings. The number of hydrogen-bond donors (Lipinski definition) is 1. The Labute approximate surface area is 146 Å². The number of para-hydroxylation sites is 2.